The predicted octanol–water partition coefficient (Wildman–Crippen LogP) is 0.511. The second kappa shape index (κ2) is 6.56. The summed E-state index contributed by atoms with van der Waals surface area (Å²) in [6.45, 7) is 6.16. The second-order valence-electron chi connectivity index (χ2n) is 3.77. The quantitative estimate of drug-likeness (QED) is 0.608. The first-order chi connectivity index (χ1) is 6.43. The predicted molar refractivity (Wildman–Crippen MR) is 57.4 cm³/mol. The van der Waals surface area contributed by atoms with Gasteiger partial charge in [0.2, 0.25) is 0 Å². The largest absolute Gasteiger partial charge is 0.478 e. The maximum Gasteiger partial charge on any atom is 0.331 e. The van der Waals surface area contributed by atoms with Crippen LogP contribution < -0.4 is 0 Å². The van der Waals surface area contributed by atoms with E-state index in [4.69, 9.17) is 5.11 Å². The molecule has 0 aromatic rings. The van der Waals surface area contributed by atoms with Gasteiger partial charge in [0.05, 0.1) is 0 Å². The van der Waals surface area contributed by atoms with Crippen LogP contribution in [0.25, 0.3) is 0 Å². The third-order valence-electron chi connectivity index (χ3n) is 2.03. The minimum Gasteiger partial charge on any atom is -0.478 e. The lowest BCUT2D eigenvalue weighted by molar-refractivity contribution is -0.132. The molecule has 0 atom stereocenters. The van der Waals surface area contributed by atoms with Gasteiger partial charge in [-0.2, -0.15) is 0 Å². The monoisotopic (exact) mass is 200 g/mol. The Morgan fingerprint density at radius 1 is 1.21 bits per heavy atom. The Bertz CT molecular complexity index is 202. The van der Waals surface area contributed by atoms with Crippen molar-refractivity contribution in [3.05, 3.63) is 12.2 Å². The van der Waals surface area contributed by atoms with Gasteiger partial charge in [-0.1, -0.05) is 6.58 Å². The highest BCUT2D eigenvalue weighted by atomic mass is 16.4. The Morgan fingerprint density at radius 2 is 1.79 bits per heavy atom. The molecular formula is C10H20N2O2. The average Bonchev–Trinajstić information content (AvgIpc) is 2.10. The van der Waals surface area contributed by atoms with Gasteiger partial charge < -0.3 is 14.9 Å². The van der Waals surface area contributed by atoms with E-state index in [1.165, 1.54) is 0 Å². The standard InChI is InChI=1S/C10H20N2O2/c1-9(10(13)14)5-6-12(4)8-7-11(2)3/h1,5-8H2,2-4H3,(H,13,14). The molecule has 0 spiro atoms. The van der Waals surface area contributed by atoms with Crippen LogP contribution in [0.1, 0.15) is 6.42 Å². The number of carboxylic acids is 1. The zero-order valence-electron chi connectivity index (χ0n) is 9.29. The Kier molecular flexibility index (Phi) is 6.16. The molecule has 0 aromatic carbocycles. The number of nitrogens with zero attached hydrogens (tertiary/aromatic N) is 2. The van der Waals surface area contributed by atoms with Crippen molar-refractivity contribution in [3.8, 4) is 0 Å². The molecule has 4 heteroatoms. The zero-order chi connectivity index (χ0) is 11.1. The van der Waals surface area contributed by atoms with Crippen LogP contribution in [0, 0.1) is 0 Å². The third-order valence-corrected chi connectivity index (χ3v) is 2.03. The lowest BCUT2D eigenvalue weighted by atomic mass is 10.2. The summed E-state index contributed by atoms with van der Waals surface area (Å²) >= 11 is 0. The summed E-state index contributed by atoms with van der Waals surface area (Å²) in [6, 6.07) is 0. The molecule has 0 fully saturated rings. The minimum atomic E-state index is -0.897. The topological polar surface area (TPSA) is 43.8 Å². The van der Waals surface area contributed by atoms with E-state index in [0.717, 1.165) is 19.6 Å². The lowest BCUT2D eigenvalue weighted by Crippen LogP contribution is -2.29. The molecule has 0 aliphatic carbocycles. The van der Waals surface area contributed by atoms with Gasteiger partial charge in [-0.15, -0.1) is 0 Å². The number of likely N-dealkylation sites (N-methyl/N-ethyl adjacent to an activating group) is 2. The first-order valence-corrected chi connectivity index (χ1v) is 4.68. The van der Waals surface area contributed by atoms with Crippen molar-refractivity contribution in [1.82, 2.24) is 9.80 Å². The number of hydrogen-bond donors (Lipinski definition) is 1. The summed E-state index contributed by atoms with van der Waals surface area (Å²) in [6.07, 6.45) is 0.527. The fraction of sp³-hybridized carbons (Fsp3) is 0.700. The highest BCUT2D eigenvalue weighted by Crippen LogP contribution is 1.99. The molecule has 0 radical (unpaired) electrons. The molecule has 0 heterocycles. The van der Waals surface area contributed by atoms with E-state index in [1.807, 2.05) is 21.1 Å². The number of aliphatic carboxylic acids is 1. The Balaban J connectivity index is 3.58. The summed E-state index contributed by atoms with van der Waals surface area (Å²) in [5, 5.41) is 8.59. The Hall–Kier alpha value is -0.870. The average molecular weight is 200 g/mol. The molecule has 0 rings (SSSR count). The van der Waals surface area contributed by atoms with Gasteiger partial charge in [0.25, 0.3) is 0 Å². The Morgan fingerprint density at radius 3 is 2.21 bits per heavy atom. The minimum absolute atomic E-state index is 0.279. The van der Waals surface area contributed by atoms with Gasteiger partial charge in [0.1, 0.15) is 0 Å². The summed E-state index contributed by atoms with van der Waals surface area (Å²) < 4.78 is 0. The molecule has 0 aromatic heterocycles. The smallest absolute Gasteiger partial charge is 0.331 e. The number of hydrogen-bond acceptors (Lipinski definition) is 3. The van der Waals surface area contributed by atoms with E-state index in [0.29, 0.717) is 6.42 Å². The number of carboxylic acid groups (broad SMARTS) is 1. The summed E-state index contributed by atoms with van der Waals surface area (Å²) in [5.41, 5.74) is 0.279. The number of rotatable bonds is 7. The van der Waals surface area contributed by atoms with Gasteiger partial charge in [-0.05, 0) is 27.6 Å². The normalized spacial score (nSPS) is 10.9. The van der Waals surface area contributed by atoms with Crippen LogP contribution in [0.15, 0.2) is 12.2 Å². The van der Waals surface area contributed by atoms with Crippen LogP contribution in [0.4, 0.5) is 0 Å². The van der Waals surface area contributed by atoms with Gasteiger partial charge >= 0.3 is 5.97 Å². The van der Waals surface area contributed by atoms with Crippen molar-refractivity contribution in [1.29, 1.82) is 0 Å². The zero-order valence-corrected chi connectivity index (χ0v) is 9.29. The highest BCUT2D eigenvalue weighted by Gasteiger charge is 2.05. The van der Waals surface area contributed by atoms with E-state index in [-0.39, 0.29) is 5.57 Å². The molecule has 0 aliphatic heterocycles. The molecule has 0 unspecified atom stereocenters. The van der Waals surface area contributed by atoms with Gasteiger partial charge in [0.15, 0.2) is 0 Å². The maximum atomic E-state index is 10.5. The van der Waals surface area contributed by atoms with Crippen LogP contribution in [-0.4, -0.2) is 61.7 Å². The van der Waals surface area contributed by atoms with Crippen molar-refractivity contribution in [2.24, 2.45) is 0 Å². The van der Waals surface area contributed by atoms with Crippen LogP contribution in [0.5, 0.6) is 0 Å². The van der Waals surface area contributed by atoms with Crippen molar-refractivity contribution in [2.45, 2.75) is 6.42 Å². The van der Waals surface area contributed by atoms with E-state index >= 15 is 0 Å². The van der Waals surface area contributed by atoms with E-state index in [9.17, 15) is 4.79 Å². The molecule has 0 saturated carbocycles. The molecule has 0 aliphatic rings. The molecule has 0 bridgehead atoms. The SMILES string of the molecule is C=C(CCN(C)CCN(C)C)C(=O)O. The van der Waals surface area contributed by atoms with Crippen LogP contribution in [0.2, 0.25) is 0 Å². The van der Waals surface area contributed by atoms with Crippen molar-refractivity contribution < 1.29 is 9.90 Å². The fourth-order valence-electron chi connectivity index (χ4n) is 0.915. The van der Waals surface area contributed by atoms with Crippen molar-refractivity contribution in [2.75, 3.05) is 40.8 Å². The first kappa shape index (κ1) is 13.1. The fourth-order valence-corrected chi connectivity index (χ4v) is 0.915. The molecular weight excluding hydrogens is 180 g/mol. The van der Waals surface area contributed by atoms with Crippen molar-refractivity contribution in [3.63, 3.8) is 0 Å². The first-order valence-electron chi connectivity index (χ1n) is 4.68. The molecule has 82 valence electrons. The summed E-state index contributed by atoms with van der Waals surface area (Å²) in [5.74, 6) is -0.897. The molecule has 14 heavy (non-hydrogen) atoms. The summed E-state index contributed by atoms with van der Waals surface area (Å²) in [7, 11) is 6.02. The molecule has 4 nitrogen and oxygen atoms in total. The third kappa shape index (κ3) is 6.62. The molecule has 0 amide bonds. The van der Waals surface area contributed by atoms with Gasteiger partial charge in [-0.25, -0.2) is 4.79 Å². The van der Waals surface area contributed by atoms with Gasteiger partial charge in [0, 0.05) is 25.2 Å². The van der Waals surface area contributed by atoms with E-state index < -0.39 is 5.97 Å². The highest BCUT2D eigenvalue weighted by molar-refractivity contribution is 5.85. The summed E-state index contributed by atoms with van der Waals surface area (Å²) in [4.78, 5) is 14.7. The Labute approximate surface area is 85.8 Å². The van der Waals surface area contributed by atoms with Crippen LogP contribution >= 0.6 is 0 Å². The second-order valence-corrected chi connectivity index (χ2v) is 3.77. The van der Waals surface area contributed by atoms with Gasteiger partial charge in [-0.3, -0.25) is 0 Å². The van der Waals surface area contributed by atoms with Crippen LogP contribution in [-0.2, 0) is 4.79 Å². The van der Waals surface area contributed by atoms with Crippen LogP contribution in [0.3, 0.4) is 0 Å². The molecule has 1 N–H and O–H groups in total. The number of carbonyl (C=O) groups is 1. The van der Waals surface area contributed by atoms with E-state index in [1.54, 1.807) is 0 Å². The van der Waals surface area contributed by atoms with Crippen molar-refractivity contribution >= 4 is 5.97 Å². The maximum absolute atomic E-state index is 10.5. The van der Waals surface area contributed by atoms with E-state index in [2.05, 4.69) is 16.4 Å². The lowest BCUT2D eigenvalue weighted by Gasteiger charge is -2.18. The molecule has 0 saturated heterocycles.